The Morgan fingerprint density at radius 1 is 1.50 bits per heavy atom. The lowest BCUT2D eigenvalue weighted by molar-refractivity contribution is 0.690. The fourth-order valence-electron chi connectivity index (χ4n) is 1.71. The quantitative estimate of drug-likeness (QED) is 0.785. The smallest absolute Gasteiger partial charge is 0.102 e. The van der Waals surface area contributed by atoms with Crippen molar-refractivity contribution in [2.75, 3.05) is 11.6 Å². The Labute approximate surface area is 102 Å². The van der Waals surface area contributed by atoms with Gasteiger partial charge in [-0.2, -0.15) is 5.26 Å². The molecule has 1 N–H and O–H groups in total. The van der Waals surface area contributed by atoms with Gasteiger partial charge in [-0.15, -0.1) is 11.8 Å². The molecule has 0 radical (unpaired) electrons. The Morgan fingerprint density at radius 2 is 2.25 bits per heavy atom. The predicted octanol–water partition coefficient (Wildman–Crippen LogP) is 3.88. The van der Waals surface area contributed by atoms with E-state index in [0.717, 1.165) is 29.0 Å². The van der Waals surface area contributed by atoms with Gasteiger partial charge in [0.25, 0.3) is 0 Å². The van der Waals surface area contributed by atoms with Crippen LogP contribution in [-0.4, -0.2) is 12.3 Å². The first-order valence-corrected chi connectivity index (χ1v) is 6.79. The van der Waals surface area contributed by atoms with E-state index in [4.69, 9.17) is 5.26 Å². The molecule has 0 amide bonds. The molecule has 0 bridgehead atoms. The molecule has 0 aliphatic rings. The maximum Gasteiger partial charge on any atom is 0.102 e. The average molecular weight is 234 g/mol. The maximum atomic E-state index is 9.17. The monoisotopic (exact) mass is 234 g/mol. The molecular formula is C13H18N2S. The van der Waals surface area contributed by atoms with Crippen LogP contribution in [0.2, 0.25) is 0 Å². The van der Waals surface area contributed by atoms with Crippen molar-refractivity contribution >= 4 is 17.4 Å². The topological polar surface area (TPSA) is 35.8 Å². The van der Waals surface area contributed by atoms with Gasteiger partial charge in [-0.05, 0) is 31.7 Å². The molecule has 0 saturated heterocycles. The molecule has 3 heteroatoms. The number of nitriles is 1. The van der Waals surface area contributed by atoms with Gasteiger partial charge in [-0.1, -0.05) is 19.4 Å². The van der Waals surface area contributed by atoms with Crippen molar-refractivity contribution in [2.24, 2.45) is 0 Å². The molecule has 1 unspecified atom stereocenters. The second-order valence-electron chi connectivity index (χ2n) is 3.83. The summed E-state index contributed by atoms with van der Waals surface area (Å²) in [5.41, 5.74) is 1.72. The molecule has 1 aromatic rings. The summed E-state index contributed by atoms with van der Waals surface area (Å²) in [6.45, 7) is 4.32. The second-order valence-corrected chi connectivity index (χ2v) is 4.68. The van der Waals surface area contributed by atoms with Gasteiger partial charge < -0.3 is 5.32 Å². The molecule has 0 aliphatic carbocycles. The number of hydrogen-bond acceptors (Lipinski definition) is 3. The van der Waals surface area contributed by atoms with Crippen LogP contribution in [0, 0.1) is 11.3 Å². The summed E-state index contributed by atoms with van der Waals surface area (Å²) in [5.74, 6) is 0. The third-order valence-electron chi connectivity index (χ3n) is 2.48. The van der Waals surface area contributed by atoms with E-state index in [1.54, 1.807) is 11.8 Å². The molecule has 2 nitrogen and oxygen atoms in total. The van der Waals surface area contributed by atoms with Crippen LogP contribution in [-0.2, 0) is 0 Å². The first-order chi connectivity index (χ1) is 7.72. The molecule has 86 valence electrons. The molecule has 0 aliphatic heterocycles. The van der Waals surface area contributed by atoms with E-state index in [2.05, 4.69) is 25.2 Å². The summed E-state index contributed by atoms with van der Waals surface area (Å²) < 4.78 is 0. The Hall–Kier alpha value is -1.14. The van der Waals surface area contributed by atoms with Gasteiger partial charge in [0, 0.05) is 10.9 Å². The Balaban J connectivity index is 2.92. The van der Waals surface area contributed by atoms with E-state index in [0.29, 0.717) is 6.04 Å². The average Bonchev–Trinajstić information content (AvgIpc) is 2.29. The van der Waals surface area contributed by atoms with Crippen molar-refractivity contribution in [1.82, 2.24) is 0 Å². The number of rotatable bonds is 5. The maximum absolute atomic E-state index is 9.17. The van der Waals surface area contributed by atoms with Crippen molar-refractivity contribution < 1.29 is 0 Å². The molecule has 1 atom stereocenters. The van der Waals surface area contributed by atoms with E-state index in [9.17, 15) is 0 Å². The molecule has 0 spiro atoms. The number of thioether (sulfide) groups is 1. The highest BCUT2D eigenvalue weighted by atomic mass is 32.2. The zero-order chi connectivity index (χ0) is 12.0. The lowest BCUT2D eigenvalue weighted by Crippen LogP contribution is -2.15. The third-order valence-corrected chi connectivity index (χ3v) is 3.26. The third kappa shape index (κ3) is 3.18. The SMILES string of the molecule is CCCC(C)Nc1cccc(SC)c1C#N. The first kappa shape index (κ1) is 12.9. The van der Waals surface area contributed by atoms with E-state index >= 15 is 0 Å². The highest BCUT2D eigenvalue weighted by Crippen LogP contribution is 2.26. The van der Waals surface area contributed by atoms with Gasteiger partial charge >= 0.3 is 0 Å². The molecule has 0 aromatic heterocycles. The van der Waals surface area contributed by atoms with Gasteiger partial charge in [0.1, 0.15) is 6.07 Å². The molecule has 0 saturated carbocycles. The molecule has 0 fully saturated rings. The van der Waals surface area contributed by atoms with E-state index in [1.807, 2.05) is 24.5 Å². The van der Waals surface area contributed by atoms with Gasteiger partial charge in [0.15, 0.2) is 0 Å². The fourth-order valence-corrected chi connectivity index (χ4v) is 2.28. The predicted molar refractivity (Wildman–Crippen MR) is 70.9 cm³/mol. The van der Waals surface area contributed by atoms with Crippen LogP contribution < -0.4 is 5.32 Å². The number of nitrogens with zero attached hydrogens (tertiary/aromatic N) is 1. The Bertz CT molecular complexity index is 382. The van der Waals surface area contributed by atoms with Crippen LogP contribution in [0.3, 0.4) is 0 Å². The summed E-state index contributed by atoms with van der Waals surface area (Å²) in [7, 11) is 0. The van der Waals surface area contributed by atoms with E-state index in [1.165, 1.54) is 0 Å². The van der Waals surface area contributed by atoms with Crippen molar-refractivity contribution in [3.05, 3.63) is 23.8 Å². The Morgan fingerprint density at radius 3 is 2.81 bits per heavy atom. The first-order valence-electron chi connectivity index (χ1n) is 5.56. The molecule has 1 aromatic carbocycles. The number of benzene rings is 1. The van der Waals surface area contributed by atoms with Crippen LogP contribution in [0.25, 0.3) is 0 Å². The van der Waals surface area contributed by atoms with Crippen molar-refractivity contribution in [3.63, 3.8) is 0 Å². The normalized spacial score (nSPS) is 11.9. The zero-order valence-corrected chi connectivity index (χ0v) is 10.9. The highest BCUT2D eigenvalue weighted by molar-refractivity contribution is 7.98. The Kier molecular flexibility index (Phi) is 5.21. The van der Waals surface area contributed by atoms with E-state index in [-0.39, 0.29) is 0 Å². The summed E-state index contributed by atoms with van der Waals surface area (Å²) in [6, 6.07) is 8.65. The summed E-state index contributed by atoms with van der Waals surface area (Å²) in [6.07, 6.45) is 4.27. The van der Waals surface area contributed by atoms with Crippen molar-refractivity contribution in [3.8, 4) is 6.07 Å². The summed E-state index contributed by atoms with van der Waals surface area (Å²) in [4.78, 5) is 1.04. The van der Waals surface area contributed by atoms with Gasteiger partial charge in [0.05, 0.1) is 11.3 Å². The van der Waals surface area contributed by atoms with Crippen molar-refractivity contribution in [2.45, 2.75) is 37.6 Å². The van der Waals surface area contributed by atoms with Gasteiger partial charge in [-0.25, -0.2) is 0 Å². The standard InChI is InChI=1S/C13H18N2S/c1-4-6-10(2)15-12-7-5-8-13(16-3)11(12)9-14/h5,7-8,10,15H,4,6H2,1-3H3. The second kappa shape index (κ2) is 6.44. The molecular weight excluding hydrogens is 216 g/mol. The highest BCUT2D eigenvalue weighted by Gasteiger charge is 2.09. The minimum Gasteiger partial charge on any atom is -0.381 e. The van der Waals surface area contributed by atoms with Crippen LogP contribution in [0.1, 0.15) is 32.3 Å². The van der Waals surface area contributed by atoms with E-state index < -0.39 is 0 Å². The molecule has 16 heavy (non-hydrogen) atoms. The lowest BCUT2D eigenvalue weighted by atomic mass is 10.1. The van der Waals surface area contributed by atoms with Gasteiger partial charge in [0.2, 0.25) is 0 Å². The number of hydrogen-bond donors (Lipinski definition) is 1. The minimum atomic E-state index is 0.411. The zero-order valence-electron chi connectivity index (χ0n) is 10.1. The fraction of sp³-hybridized carbons (Fsp3) is 0.462. The van der Waals surface area contributed by atoms with Crippen LogP contribution in [0.5, 0.6) is 0 Å². The van der Waals surface area contributed by atoms with Crippen LogP contribution >= 0.6 is 11.8 Å². The molecule has 0 heterocycles. The van der Waals surface area contributed by atoms with Crippen LogP contribution in [0.4, 0.5) is 5.69 Å². The van der Waals surface area contributed by atoms with Crippen molar-refractivity contribution in [1.29, 1.82) is 5.26 Å². The lowest BCUT2D eigenvalue weighted by Gasteiger charge is -2.16. The summed E-state index contributed by atoms with van der Waals surface area (Å²) >= 11 is 1.61. The summed E-state index contributed by atoms with van der Waals surface area (Å²) in [5, 5.41) is 12.6. The largest absolute Gasteiger partial charge is 0.381 e. The number of nitrogens with one attached hydrogen (secondary N) is 1. The minimum absolute atomic E-state index is 0.411. The molecule has 1 rings (SSSR count). The van der Waals surface area contributed by atoms with Gasteiger partial charge in [-0.3, -0.25) is 0 Å². The number of anilines is 1. The van der Waals surface area contributed by atoms with Crippen LogP contribution in [0.15, 0.2) is 23.1 Å².